The van der Waals surface area contributed by atoms with Crippen molar-refractivity contribution in [2.75, 3.05) is 23.7 Å². The first-order valence-corrected chi connectivity index (χ1v) is 11.0. The van der Waals surface area contributed by atoms with Gasteiger partial charge < -0.3 is 14.6 Å². The molecule has 1 heterocycles. The topological polar surface area (TPSA) is 82.8 Å². The molecule has 0 fully saturated rings. The Kier molecular flexibility index (Phi) is 7.35. The van der Waals surface area contributed by atoms with Crippen LogP contribution in [0.25, 0.3) is 11.0 Å². The van der Waals surface area contributed by atoms with Gasteiger partial charge in [0.2, 0.25) is 0 Å². The van der Waals surface area contributed by atoms with Crippen molar-refractivity contribution in [1.29, 1.82) is 0 Å². The number of anilines is 1. The average Bonchev–Trinajstić information content (AvgIpc) is 3.12. The third kappa shape index (κ3) is 4.94. The van der Waals surface area contributed by atoms with E-state index in [2.05, 4.69) is 45.7 Å². The molecule has 0 spiro atoms. The Hall–Kier alpha value is -3.00. The number of nitrogens with zero attached hydrogens (tertiary/aromatic N) is 4. The summed E-state index contributed by atoms with van der Waals surface area (Å²) in [5.74, 6) is 0.0988. The molecule has 0 atom stereocenters. The first kappa shape index (κ1) is 21.7. The fraction of sp³-hybridized carbons (Fsp3) is 0.318. The number of thioether (sulfide) groups is 1. The molecule has 8 heteroatoms. The molecule has 3 rings (SSSR count). The summed E-state index contributed by atoms with van der Waals surface area (Å²) in [5, 5.41) is 15.0. The van der Waals surface area contributed by atoms with E-state index in [1.165, 1.54) is 18.0 Å². The number of carbonyl (C=O) groups excluding carboxylic acids is 1. The average molecular weight is 426 g/mol. The van der Waals surface area contributed by atoms with Crippen molar-refractivity contribution >= 4 is 40.6 Å². The summed E-state index contributed by atoms with van der Waals surface area (Å²) in [6, 6.07) is 13.4. The fourth-order valence-electron chi connectivity index (χ4n) is 3.23. The molecule has 158 valence electrons. The third-order valence-corrected chi connectivity index (χ3v) is 5.78. The van der Waals surface area contributed by atoms with Gasteiger partial charge in [-0.1, -0.05) is 23.9 Å². The lowest BCUT2D eigenvalue weighted by Crippen LogP contribution is -2.21. The molecule has 2 N–H and O–H groups in total. The molecule has 1 aromatic heterocycles. The van der Waals surface area contributed by atoms with Crippen LogP contribution in [-0.2, 0) is 11.3 Å². The summed E-state index contributed by atoms with van der Waals surface area (Å²) in [4.78, 5) is 18.9. The van der Waals surface area contributed by atoms with Crippen molar-refractivity contribution in [3.8, 4) is 5.75 Å². The highest BCUT2D eigenvalue weighted by Gasteiger charge is 2.11. The van der Waals surface area contributed by atoms with Gasteiger partial charge >= 0.3 is 0 Å². The van der Waals surface area contributed by atoms with Gasteiger partial charge in [-0.05, 0) is 45.0 Å². The molecule has 0 aliphatic carbocycles. The minimum atomic E-state index is -0.231. The van der Waals surface area contributed by atoms with E-state index in [4.69, 9.17) is 0 Å². The van der Waals surface area contributed by atoms with E-state index in [1.807, 2.05) is 30.3 Å². The molecule has 0 saturated heterocycles. The molecule has 7 nitrogen and oxygen atoms in total. The van der Waals surface area contributed by atoms with E-state index in [0.717, 1.165) is 41.5 Å². The van der Waals surface area contributed by atoms with Crippen LogP contribution < -0.4 is 10.3 Å². The van der Waals surface area contributed by atoms with Gasteiger partial charge in [0.1, 0.15) is 5.75 Å². The van der Waals surface area contributed by atoms with Crippen LogP contribution in [0.5, 0.6) is 5.75 Å². The Morgan fingerprint density at radius 3 is 2.70 bits per heavy atom. The lowest BCUT2D eigenvalue weighted by atomic mass is 10.2. The third-order valence-electron chi connectivity index (χ3n) is 4.80. The number of benzene rings is 2. The maximum Gasteiger partial charge on any atom is 0.250 e. The van der Waals surface area contributed by atoms with Crippen molar-refractivity contribution in [2.24, 2.45) is 5.10 Å². The molecule has 3 aromatic rings. The Balaban J connectivity index is 1.58. The number of phenols is 1. The van der Waals surface area contributed by atoms with Gasteiger partial charge in [-0.3, -0.25) is 4.79 Å². The molecular weight excluding hydrogens is 398 g/mol. The van der Waals surface area contributed by atoms with Gasteiger partial charge in [0.15, 0.2) is 5.16 Å². The Morgan fingerprint density at radius 2 is 2.00 bits per heavy atom. The standard InChI is InChI=1S/C22H27N5O2S/c1-4-26(5-2)17-12-11-16(20(28)13-17)14-23-25-21(29)15-30-22-24-18-9-7-8-10-19(18)27(22)6-3/h7-14,28H,4-6,15H2,1-3H3,(H,25,29). The number of amides is 1. The second kappa shape index (κ2) is 10.2. The molecule has 0 aliphatic rings. The van der Waals surface area contributed by atoms with E-state index in [1.54, 1.807) is 12.1 Å². The lowest BCUT2D eigenvalue weighted by Gasteiger charge is -2.21. The minimum absolute atomic E-state index is 0.128. The zero-order valence-electron chi connectivity index (χ0n) is 17.5. The monoisotopic (exact) mass is 425 g/mol. The van der Waals surface area contributed by atoms with Gasteiger partial charge in [0, 0.05) is 37.0 Å². The summed E-state index contributed by atoms with van der Waals surface area (Å²) < 4.78 is 2.09. The van der Waals surface area contributed by atoms with Gasteiger partial charge in [-0.15, -0.1) is 0 Å². The number of hydrazone groups is 1. The Morgan fingerprint density at radius 1 is 1.23 bits per heavy atom. The molecule has 2 aromatic carbocycles. The Bertz CT molecular complexity index is 1040. The highest BCUT2D eigenvalue weighted by Crippen LogP contribution is 2.24. The van der Waals surface area contributed by atoms with E-state index in [9.17, 15) is 9.90 Å². The maximum absolute atomic E-state index is 12.2. The molecule has 0 aliphatic heterocycles. The number of aromatic nitrogens is 2. The zero-order chi connectivity index (χ0) is 21.5. The number of rotatable bonds is 9. The van der Waals surface area contributed by atoms with Crippen molar-refractivity contribution in [1.82, 2.24) is 15.0 Å². The van der Waals surface area contributed by atoms with Crippen LogP contribution in [-0.4, -0.2) is 45.6 Å². The van der Waals surface area contributed by atoms with Crippen LogP contribution in [0.3, 0.4) is 0 Å². The quantitative estimate of drug-likeness (QED) is 0.309. The first-order chi connectivity index (χ1) is 14.6. The Labute approximate surface area is 180 Å². The lowest BCUT2D eigenvalue weighted by molar-refractivity contribution is -0.118. The number of fused-ring (bicyclic) bond motifs is 1. The second-order valence-electron chi connectivity index (χ2n) is 6.62. The van der Waals surface area contributed by atoms with Crippen LogP contribution in [0.15, 0.2) is 52.7 Å². The molecule has 0 bridgehead atoms. The number of aromatic hydroxyl groups is 1. The van der Waals surface area contributed by atoms with Gasteiger partial charge in [0.05, 0.1) is 23.0 Å². The number of hydrogen-bond acceptors (Lipinski definition) is 6. The highest BCUT2D eigenvalue weighted by molar-refractivity contribution is 7.99. The predicted molar refractivity (Wildman–Crippen MR) is 124 cm³/mol. The maximum atomic E-state index is 12.2. The summed E-state index contributed by atoms with van der Waals surface area (Å²) in [5.41, 5.74) is 5.99. The molecular formula is C22H27N5O2S. The van der Waals surface area contributed by atoms with E-state index < -0.39 is 0 Å². The molecule has 1 amide bonds. The number of hydrogen-bond donors (Lipinski definition) is 2. The molecule has 0 unspecified atom stereocenters. The van der Waals surface area contributed by atoms with Crippen LogP contribution in [0.2, 0.25) is 0 Å². The largest absolute Gasteiger partial charge is 0.507 e. The zero-order valence-corrected chi connectivity index (χ0v) is 18.3. The minimum Gasteiger partial charge on any atom is -0.507 e. The van der Waals surface area contributed by atoms with E-state index in [0.29, 0.717) is 5.56 Å². The van der Waals surface area contributed by atoms with Crippen LogP contribution >= 0.6 is 11.8 Å². The van der Waals surface area contributed by atoms with Crippen LogP contribution in [0.1, 0.15) is 26.3 Å². The number of nitrogens with one attached hydrogen (secondary N) is 1. The van der Waals surface area contributed by atoms with E-state index >= 15 is 0 Å². The summed E-state index contributed by atoms with van der Waals surface area (Å²) in [6.07, 6.45) is 1.45. The number of imidazole rings is 1. The number of carbonyl (C=O) groups is 1. The van der Waals surface area contributed by atoms with E-state index in [-0.39, 0.29) is 17.4 Å². The molecule has 30 heavy (non-hydrogen) atoms. The summed E-state index contributed by atoms with van der Waals surface area (Å²) in [6.45, 7) is 8.70. The van der Waals surface area contributed by atoms with Crippen molar-refractivity contribution in [2.45, 2.75) is 32.5 Å². The van der Waals surface area contributed by atoms with Gasteiger partial charge in [0.25, 0.3) is 5.91 Å². The fourth-order valence-corrected chi connectivity index (χ4v) is 4.10. The molecule has 0 radical (unpaired) electrons. The highest BCUT2D eigenvalue weighted by atomic mass is 32.2. The smallest absolute Gasteiger partial charge is 0.250 e. The predicted octanol–water partition coefficient (Wildman–Crippen LogP) is 3.85. The van der Waals surface area contributed by atoms with Crippen molar-refractivity contribution in [3.63, 3.8) is 0 Å². The van der Waals surface area contributed by atoms with Gasteiger partial charge in [-0.25, -0.2) is 10.4 Å². The van der Waals surface area contributed by atoms with Crippen molar-refractivity contribution in [3.05, 3.63) is 48.0 Å². The van der Waals surface area contributed by atoms with Crippen LogP contribution in [0, 0.1) is 0 Å². The van der Waals surface area contributed by atoms with Crippen LogP contribution in [0.4, 0.5) is 5.69 Å². The molecule has 0 saturated carbocycles. The number of aryl methyl sites for hydroxylation is 1. The SMILES string of the molecule is CCN(CC)c1ccc(C=NNC(=O)CSc2nc3ccccc3n2CC)c(O)c1. The number of para-hydroxylation sites is 2. The first-order valence-electron chi connectivity index (χ1n) is 10.0. The normalized spacial score (nSPS) is 11.3. The summed E-state index contributed by atoms with van der Waals surface area (Å²) >= 11 is 1.38. The van der Waals surface area contributed by atoms with Gasteiger partial charge in [-0.2, -0.15) is 5.10 Å². The second-order valence-corrected chi connectivity index (χ2v) is 7.57. The van der Waals surface area contributed by atoms with Crippen molar-refractivity contribution < 1.29 is 9.90 Å². The summed E-state index contributed by atoms with van der Waals surface area (Å²) in [7, 11) is 0. The number of phenolic OH excluding ortho intramolecular Hbond substituents is 1.